The number of hydrogen-bond acceptors (Lipinski definition) is 3. The van der Waals surface area contributed by atoms with Crippen LogP contribution in [0.5, 0.6) is 0 Å². The molecule has 2 aliphatic carbocycles. The summed E-state index contributed by atoms with van der Waals surface area (Å²) in [6, 6.07) is 23.1. The zero-order valence-corrected chi connectivity index (χ0v) is 40.3. The summed E-state index contributed by atoms with van der Waals surface area (Å²) in [5.74, 6) is 1.09. The summed E-state index contributed by atoms with van der Waals surface area (Å²) in [7, 11) is 0. The molecule has 0 fully saturated rings. The quantitative estimate of drug-likeness (QED) is 0.0588. The van der Waals surface area contributed by atoms with Crippen molar-refractivity contribution in [2.75, 3.05) is 4.90 Å². The number of unbranched alkanes of at least 4 members (excludes halogenated alkanes) is 2. The summed E-state index contributed by atoms with van der Waals surface area (Å²) >= 11 is 0. The van der Waals surface area contributed by atoms with E-state index in [0.29, 0.717) is 11.8 Å². The Balaban J connectivity index is 1.24. The molecule has 2 aliphatic heterocycles. The third kappa shape index (κ3) is 8.31. The lowest BCUT2D eigenvalue weighted by atomic mass is 9.86. The molecule has 0 bridgehead atoms. The van der Waals surface area contributed by atoms with Crippen LogP contribution in [0.25, 0.3) is 49.7 Å². The number of hydrogen-bond donors (Lipinski definition) is 2. The first-order valence-electron chi connectivity index (χ1n) is 24.8. The molecule has 4 nitrogen and oxygen atoms in total. The summed E-state index contributed by atoms with van der Waals surface area (Å²) in [6.45, 7) is 24.3. The first-order chi connectivity index (χ1) is 32.9. The SMILES string of the molecule is C=C/C(=C\C[C@@H](C)C(C)/C=C\CCCC)C1=C2C=CC=CC2N[C@H](n2c3c(c4c5ccccc5c(-c5cc6c(c7ccccc57)N(/C(C=C)=C/C=C\C)C(C=C)[C@H]6/C=C\C)cc42)CCC=C3)N1. The molecule has 3 heterocycles. The van der Waals surface area contributed by atoms with Gasteiger partial charge in [0.25, 0.3) is 0 Å². The van der Waals surface area contributed by atoms with Crippen molar-refractivity contribution in [1.82, 2.24) is 15.2 Å². The highest BCUT2D eigenvalue weighted by Gasteiger charge is 2.39. The average molecular weight is 881 g/mol. The van der Waals surface area contributed by atoms with Gasteiger partial charge >= 0.3 is 0 Å². The number of allylic oxidation sites excluding steroid dienone is 12. The first-order valence-corrected chi connectivity index (χ1v) is 24.8. The van der Waals surface area contributed by atoms with E-state index in [1.165, 1.54) is 84.5 Å². The highest BCUT2D eigenvalue weighted by Crippen LogP contribution is 2.52. The van der Waals surface area contributed by atoms with Crippen molar-refractivity contribution in [2.24, 2.45) is 11.8 Å². The summed E-state index contributed by atoms with van der Waals surface area (Å²) in [4.78, 5) is 2.45. The van der Waals surface area contributed by atoms with Gasteiger partial charge in [-0.3, -0.25) is 5.32 Å². The minimum absolute atomic E-state index is 0.0158. The number of fused-ring (bicyclic) bond motifs is 9. The van der Waals surface area contributed by atoms with Gasteiger partial charge in [-0.05, 0) is 131 Å². The fraction of sp³-hybridized carbons (Fsp3) is 0.270. The highest BCUT2D eigenvalue weighted by atomic mass is 15.3. The molecule has 4 heteroatoms. The van der Waals surface area contributed by atoms with Crippen LogP contribution in [0, 0.1) is 11.8 Å². The lowest BCUT2D eigenvalue weighted by Gasteiger charge is -2.38. The smallest absolute Gasteiger partial charge is 0.160 e. The van der Waals surface area contributed by atoms with Crippen LogP contribution in [-0.4, -0.2) is 16.7 Å². The number of rotatable bonds is 16. The lowest BCUT2D eigenvalue weighted by molar-refractivity contribution is 0.334. The maximum atomic E-state index is 4.42. The second kappa shape index (κ2) is 20.1. The molecule has 4 aliphatic rings. The highest BCUT2D eigenvalue weighted by molar-refractivity contribution is 6.19. The van der Waals surface area contributed by atoms with Crippen molar-refractivity contribution in [3.8, 4) is 11.1 Å². The number of aromatic nitrogens is 1. The van der Waals surface area contributed by atoms with Gasteiger partial charge in [-0.25, -0.2) is 0 Å². The Morgan fingerprint density at radius 3 is 2.39 bits per heavy atom. The van der Waals surface area contributed by atoms with Gasteiger partial charge in [0.1, 0.15) is 0 Å². The number of nitrogens with one attached hydrogen (secondary N) is 2. The van der Waals surface area contributed by atoms with Gasteiger partial charge in [-0.2, -0.15) is 0 Å². The largest absolute Gasteiger partial charge is 0.352 e. The standard InChI is InChI=1S/C63H68N4/c1-9-15-17-18-28-42(7)43(8)38-39-44(12-4)61-51-34-23-25-36-56(51)64-63(65-61)67-58-37-26-24-35-52(58)60-49-32-21-19-30-46(49)54(41-59(60)67)53-40-55-48(27-11-3)57(14-6)66(45(13-5)29-16-10-2)62(55)50-33-22-20-31-47(50)53/h10-14,16,18-23,25-34,36-37,39-43,48,56-57,63-65H,4-6,9,15,17,24,35,38H2,1-3,7-8H3/b16-10-,27-11-,28-18-,44-39+,45-29+/t42?,43-,48+,56?,57?,63+/m1/s1. The molecule has 6 atom stereocenters. The van der Waals surface area contributed by atoms with E-state index >= 15 is 0 Å². The molecule has 0 saturated carbocycles. The van der Waals surface area contributed by atoms with Crippen molar-refractivity contribution in [2.45, 2.75) is 97.4 Å². The van der Waals surface area contributed by atoms with Gasteiger partial charge in [0, 0.05) is 33.8 Å². The number of benzene rings is 4. The second-order valence-electron chi connectivity index (χ2n) is 18.7. The van der Waals surface area contributed by atoms with Gasteiger partial charge in [-0.1, -0.05) is 180 Å². The van der Waals surface area contributed by atoms with Crippen LogP contribution in [0.2, 0.25) is 0 Å². The molecule has 9 rings (SSSR count). The zero-order valence-electron chi connectivity index (χ0n) is 40.3. The van der Waals surface area contributed by atoms with Crippen molar-refractivity contribution in [3.63, 3.8) is 0 Å². The van der Waals surface area contributed by atoms with Crippen LogP contribution in [0.3, 0.4) is 0 Å². The maximum absolute atomic E-state index is 4.42. The van der Waals surface area contributed by atoms with E-state index in [2.05, 4.69) is 232 Å². The van der Waals surface area contributed by atoms with E-state index in [1.807, 2.05) is 6.08 Å². The molecule has 0 spiro atoms. The predicted molar refractivity (Wildman–Crippen MR) is 291 cm³/mol. The molecule has 1 aromatic heterocycles. The van der Waals surface area contributed by atoms with E-state index in [0.717, 1.165) is 42.7 Å². The molecular formula is C63H68N4. The molecule has 4 aromatic carbocycles. The molecule has 2 N–H and O–H groups in total. The average Bonchev–Trinajstić information content (AvgIpc) is 3.87. The molecule has 3 unspecified atom stereocenters. The van der Waals surface area contributed by atoms with Gasteiger partial charge in [0.15, 0.2) is 6.29 Å². The van der Waals surface area contributed by atoms with Gasteiger partial charge in [0.2, 0.25) is 0 Å². The second-order valence-corrected chi connectivity index (χ2v) is 18.7. The first kappa shape index (κ1) is 45.5. The van der Waals surface area contributed by atoms with Gasteiger partial charge < -0.3 is 14.8 Å². The molecule has 0 amide bonds. The summed E-state index contributed by atoms with van der Waals surface area (Å²) in [5, 5.41) is 14.5. The van der Waals surface area contributed by atoms with Crippen molar-refractivity contribution >= 4 is 44.2 Å². The Morgan fingerprint density at radius 2 is 1.66 bits per heavy atom. The van der Waals surface area contributed by atoms with Crippen LogP contribution in [-0.2, 0) is 6.42 Å². The monoisotopic (exact) mass is 881 g/mol. The van der Waals surface area contributed by atoms with Crippen LogP contribution in [0.1, 0.15) is 95.8 Å². The predicted octanol–water partition coefficient (Wildman–Crippen LogP) is 16.2. The van der Waals surface area contributed by atoms with Crippen LogP contribution < -0.4 is 15.5 Å². The third-order valence-corrected chi connectivity index (χ3v) is 14.7. The molecule has 0 saturated heterocycles. The van der Waals surface area contributed by atoms with E-state index in [9.17, 15) is 0 Å². The summed E-state index contributed by atoms with van der Waals surface area (Å²) in [6.07, 6.45) is 44.2. The topological polar surface area (TPSA) is 32.2 Å². The van der Waals surface area contributed by atoms with Crippen LogP contribution in [0.15, 0.2) is 200 Å². The fourth-order valence-electron chi connectivity index (χ4n) is 11.1. The third-order valence-electron chi connectivity index (χ3n) is 14.7. The molecule has 67 heavy (non-hydrogen) atoms. The Morgan fingerprint density at radius 1 is 0.896 bits per heavy atom. The van der Waals surface area contributed by atoms with E-state index < -0.39 is 0 Å². The Bertz CT molecular complexity index is 3020. The Hall–Kier alpha value is -6.62. The van der Waals surface area contributed by atoms with Crippen molar-refractivity contribution in [1.29, 1.82) is 0 Å². The Labute approximate surface area is 399 Å². The minimum atomic E-state index is -0.233. The van der Waals surface area contributed by atoms with Gasteiger partial charge in [0.05, 0.1) is 23.3 Å². The van der Waals surface area contributed by atoms with Crippen LogP contribution in [0.4, 0.5) is 5.69 Å². The minimum Gasteiger partial charge on any atom is -0.352 e. The molecule has 5 aromatic rings. The van der Waals surface area contributed by atoms with E-state index in [4.69, 9.17) is 0 Å². The molecule has 340 valence electrons. The van der Waals surface area contributed by atoms with Crippen molar-refractivity contribution < 1.29 is 0 Å². The van der Waals surface area contributed by atoms with Gasteiger partial charge in [-0.15, -0.1) is 6.58 Å². The summed E-state index contributed by atoms with van der Waals surface area (Å²) < 4.78 is 2.56. The number of nitrogens with zero attached hydrogens (tertiary/aromatic N) is 2. The van der Waals surface area contributed by atoms with E-state index in [1.54, 1.807) is 0 Å². The number of anilines is 1. The normalized spacial score (nSPS) is 21.5. The van der Waals surface area contributed by atoms with E-state index in [-0.39, 0.29) is 24.3 Å². The zero-order chi connectivity index (χ0) is 46.6. The fourth-order valence-corrected chi connectivity index (χ4v) is 11.1. The lowest BCUT2D eigenvalue weighted by Crippen LogP contribution is -2.49. The van der Waals surface area contributed by atoms with Crippen LogP contribution >= 0.6 is 0 Å². The summed E-state index contributed by atoms with van der Waals surface area (Å²) in [5.41, 5.74) is 13.5. The molecular weight excluding hydrogens is 813 g/mol. The van der Waals surface area contributed by atoms with Crippen molar-refractivity contribution in [3.05, 3.63) is 217 Å². The maximum Gasteiger partial charge on any atom is 0.160 e. The Kier molecular flexibility index (Phi) is 13.6. The number of aryl methyl sites for hydroxylation is 1. The molecule has 0 radical (unpaired) electrons.